The first-order chi connectivity index (χ1) is 13.7. The molecule has 1 saturated heterocycles. The Hall–Kier alpha value is -3.22. The summed E-state index contributed by atoms with van der Waals surface area (Å²) in [6.07, 6.45) is 5.37. The first kappa shape index (κ1) is 18.2. The van der Waals surface area contributed by atoms with E-state index in [9.17, 15) is 0 Å². The van der Waals surface area contributed by atoms with Crippen molar-refractivity contribution in [1.29, 1.82) is 0 Å². The lowest BCUT2D eigenvalue weighted by molar-refractivity contribution is 0.634. The summed E-state index contributed by atoms with van der Waals surface area (Å²) in [4.78, 5) is 22.2. The van der Waals surface area contributed by atoms with Crippen molar-refractivity contribution in [3.63, 3.8) is 0 Å². The molecule has 1 N–H and O–H groups in total. The molecule has 0 atom stereocenters. The molecule has 0 amide bonds. The minimum atomic E-state index is 0.522. The Morgan fingerprint density at radius 2 is 1.50 bits per heavy atom. The van der Waals surface area contributed by atoms with E-state index in [0.29, 0.717) is 11.9 Å². The summed E-state index contributed by atoms with van der Waals surface area (Å²) >= 11 is 0. The predicted molar refractivity (Wildman–Crippen MR) is 112 cm³/mol. The molecule has 28 heavy (non-hydrogen) atoms. The standard InChI is InChI=1S/C21H25N7/c1-16(2)17-4-6-18(7-5-17)25-20-22-11-8-19(26-20)27-12-14-28(15-13-27)21-23-9-3-10-24-21/h3-11,16H,12-15H2,1-2H3,(H,22,25,26). The Morgan fingerprint density at radius 1 is 0.821 bits per heavy atom. The number of anilines is 4. The van der Waals surface area contributed by atoms with Crippen LogP contribution >= 0.6 is 0 Å². The Bertz CT molecular complexity index is 888. The summed E-state index contributed by atoms with van der Waals surface area (Å²) < 4.78 is 0. The number of benzene rings is 1. The molecule has 0 saturated carbocycles. The third kappa shape index (κ3) is 4.19. The van der Waals surface area contributed by atoms with E-state index in [0.717, 1.165) is 43.6 Å². The van der Waals surface area contributed by atoms with Crippen LogP contribution in [0, 0.1) is 0 Å². The van der Waals surface area contributed by atoms with Crippen LogP contribution in [0.5, 0.6) is 0 Å². The quantitative estimate of drug-likeness (QED) is 0.732. The Morgan fingerprint density at radius 3 is 2.18 bits per heavy atom. The highest BCUT2D eigenvalue weighted by Gasteiger charge is 2.20. The van der Waals surface area contributed by atoms with E-state index >= 15 is 0 Å². The maximum atomic E-state index is 4.70. The van der Waals surface area contributed by atoms with Gasteiger partial charge in [-0.1, -0.05) is 26.0 Å². The van der Waals surface area contributed by atoms with Crippen LogP contribution in [0.25, 0.3) is 0 Å². The summed E-state index contributed by atoms with van der Waals surface area (Å²) in [5, 5.41) is 3.30. The van der Waals surface area contributed by atoms with Gasteiger partial charge in [0.05, 0.1) is 0 Å². The molecule has 1 fully saturated rings. The number of hydrogen-bond donors (Lipinski definition) is 1. The third-order valence-electron chi connectivity index (χ3n) is 4.91. The van der Waals surface area contributed by atoms with Gasteiger partial charge in [0.1, 0.15) is 5.82 Å². The van der Waals surface area contributed by atoms with Crippen molar-refractivity contribution in [2.45, 2.75) is 19.8 Å². The Balaban J connectivity index is 1.40. The first-order valence-corrected chi connectivity index (χ1v) is 9.66. The van der Waals surface area contributed by atoms with Gasteiger partial charge in [0.2, 0.25) is 11.9 Å². The fraction of sp³-hybridized carbons (Fsp3) is 0.333. The number of rotatable bonds is 5. The summed E-state index contributed by atoms with van der Waals surface area (Å²) in [6.45, 7) is 7.87. The average Bonchev–Trinajstić information content (AvgIpc) is 2.75. The largest absolute Gasteiger partial charge is 0.353 e. The van der Waals surface area contributed by atoms with E-state index in [1.54, 1.807) is 18.6 Å². The molecule has 4 rings (SSSR count). The third-order valence-corrected chi connectivity index (χ3v) is 4.91. The smallest absolute Gasteiger partial charge is 0.229 e. The maximum absolute atomic E-state index is 4.70. The molecule has 0 bridgehead atoms. The Kier molecular flexibility index (Phi) is 5.32. The van der Waals surface area contributed by atoms with Gasteiger partial charge in [-0.2, -0.15) is 4.98 Å². The SMILES string of the molecule is CC(C)c1ccc(Nc2nccc(N3CCN(c4ncccn4)CC3)n2)cc1. The van der Waals surface area contributed by atoms with E-state index < -0.39 is 0 Å². The van der Waals surface area contributed by atoms with Crippen molar-refractivity contribution in [3.8, 4) is 0 Å². The van der Waals surface area contributed by atoms with E-state index in [-0.39, 0.29) is 0 Å². The van der Waals surface area contributed by atoms with Gasteiger partial charge < -0.3 is 15.1 Å². The molecular weight excluding hydrogens is 350 g/mol. The highest BCUT2D eigenvalue weighted by molar-refractivity contribution is 5.56. The maximum Gasteiger partial charge on any atom is 0.229 e. The highest BCUT2D eigenvalue weighted by Crippen LogP contribution is 2.21. The molecule has 0 unspecified atom stereocenters. The lowest BCUT2D eigenvalue weighted by atomic mass is 10.0. The average molecular weight is 375 g/mol. The van der Waals surface area contributed by atoms with Crippen LogP contribution < -0.4 is 15.1 Å². The van der Waals surface area contributed by atoms with Gasteiger partial charge >= 0.3 is 0 Å². The lowest BCUT2D eigenvalue weighted by Crippen LogP contribution is -2.47. The zero-order chi connectivity index (χ0) is 19.3. The van der Waals surface area contributed by atoms with Gasteiger partial charge in [-0.05, 0) is 35.7 Å². The van der Waals surface area contributed by atoms with Crippen LogP contribution in [0.2, 0.25) is 0 Å². The van der Waals surface area contributed by atoms with Crippen molar-refractivity contribution in [2.75, 3.05) is 41.3 Å². The highest BCUT2D eigenvalue weighted by atomic mass is 15.3. The van der Waals surface area contributed by atoms with Gasteiger partial charge in [0.15, 0.2) is 0 Å². The van der Waals surface area contributed by atoms with Crippen molar-refractivity contribution in [1.82, 2.24) is 19.9 Å². The molecule has 0 aliphatic carbocycles. The van der Waals surface area contributed by atoms with Gasteiger partial charge in [-0.15, -0.1) is 0 Å². The molecule has 1 aromatic carbocycles. The Labute approximate surface area is 165 Å². The van der Waals surface area contributed by atoms with Crippen molar-refractivity contribution >= 4 is 23.4 Å². The number of nitrogens with one attached hydrogen (secondary N) is 1. The van der Waals surface area contributed by atoms with Crippen LogP contribution in [-0.2, 0) is 0 Å². The fourth-order valence-electron chi connectivity index (χ4n) is 3.26. The lowest BCUT2D eigenvalue weighted by Gasteiger charge is -2.35. The normalized spacial score (nSPS) is 14.4. The number of hydrogen-bond acceptors (Lipinski definition) is 7. The minimum Gasteiger partial charge on any atom is -0.353 e. The van der Waals surface area contributed by atoms with Crippen LogP contribution in [0.3, 0.4) is 0 Å². The summed E-state index contributed by atoms with van der Waals surface area (Å²) in [7, 11) is 0. The van der Waals surface area contributed by atoms with E-state index in [2.05, 4.69) is 68.2 Å². The van der Waals surface area contributed by atoms with Crippen LogP contribution in [0.1, 0.15) is 25.3 Å². The topological polar surface area (TPSA) is 70.1 Å². The van der Waals surface area contributed by atoms with Crippen LogP contribution in [-0.4, -0.2) is 46.1 Å². The fourth-order valence-corrected chi connectivity index (χ4v) is 3.26. The van der Waals surface area contributed by atoms with Crippen molar-refractivity contribution in [3.05, 3.63) is 60.6 Å². The van der Waals surface area contributed by atoms with E-state index in [1.165, 1.54) is 5.56 Å². The predicted octanol–water partition coefficient (Wildman–Crippen LogP) is 3.46. The van der Waals surface area contributed by atoms with Crippen LogP contribution in [0.15, 0.2) is 55.0 Å². The number of piperazine rings is 1. The molecule has 0 radical (unpaired) electrons. The molecule has 2 aromatic heterocycles. The first-order valence-electron chi connectivity index (χ1n) is 9.66. The van der Waals surface area contributed by atoms with Crippen LogP contribution in [0.4, 0.5) is 23.4 Å². The number of aromatic nitrogens is 4. The van der Waals surface area contributed by atoms with Gasteiger partial charge in [0, 0.05) is 50.5 Å². The number of nitrogens with zero attached hydrogens (tertiary/aromatic N) is 6. The molecule has 3 aromatic rings. The molecule has 1 aliphatic heterocycles. The van der Waals surface area contributed by atoms with E-state index in [1.807, 2.05) is 12.1 Å². The summed E-state index contributed by atoms with van der Waals surface area (Å²) in [5.74, 6) is 2.86. The van der Waals surface area contributed by atoms with Gasteiger partial charge in [-0.25, -0.2) is 15.0 Å². The van der Waals surface area contributed by atoms with Gasteiger partial charge in [-0.3, -0.25) is 0 Å². The second kappa shape index (κ2) is 8.21. The molecule has 7 heteroatoms. The van der Waals surface area contributed by atoms with Crippen molar-refractivity contribution in [2.24, 2.45) is 0 Å². The zero-order valence-electron chi connectivity index (χ0n) is 16.3. The second-order valence-corrected chi connectivity index (χ2v) is 7.16. The van der Waals surface area contributed by atoms with Crippen molar-refractivity contribution < 1.29 is 0 Å². The monoisotopic (exact) mass is 375 g/mol. The molecule has 7 nitrogen and oxygen atoms in total. The minimum absolute atomic E-state index is 0.522. The van der Waals surface area contributed by atoms with Gasteiger partial charge in [0.25, 0.3) is 0 Å². The molecular formula is C21H25N7. The zero-order valence-corrected chi connectivity index (χ0v) is 16.3. The molecule has 0 spiro atoms. The van der Waals surface area contributed by atoms with E-state index in [4.69, 9.17) is 4.98 Å². The molecule has 3 heterocycles. The summed E-state index contributed by atoms with van der Waals surface area (Å²) in [5.41, 5.74) is 2.31. The second-order valence-electron chi connectivity index (χ2n) is 7.16. The summed E-state index contributed by atoms with van der Waals surface area (Å²) in [6, 6.07) is 12.2. The molecule has 144 valence electrons. The molecule has 1 aliphatic rings.